The Kier molecular flexibility index (Phi) is 4.53. The normalized spacial score (nSPS) is 14.8. The van der Waals surface area contributed by atoms with Gasteiger partial charge in [-0.1, -0.05) is 11.6 Å². The van der Waals surface area contributed by atoms with Gasteiger partial charge in [0.25, 0.3) is 0 Å². The van der Waals surface area contributed by atoms with Crippen molar-refractivity contribution in [3.05, 3.63) is 39.3 Å². The fourth-order valence-electron chi connectivity index (χ4n) is 4.02. The van der Waals surface area contributed by atoms with E-state index >= 15 is 0 Å². The summed E-state index contributed by atoms with van der Waals surface area (Å²) in [5, 5.41) is 5.01. The second-order valence-corrected chi connectivity index (χ2v) is 8.02. The first-order chi connectivity index (χ1) is 13.3. The zero-order valence-electron chi connectivity index (χ0n) is 16.4. The molecule has 0 radical (unpaired) electrons. The standard InChI is InChI=1S/C19H23ClN6O2/c1-11(2)25(12(3)4)16(27)10-24-19(28)26-15-9-13(20)5-6-14(15)17-21-7-8-23(17)18(26)22-24/h5-6,9,11-12H,7-8,10H2,1-4H3. The smallest absolute Gasteiger partial charge is 0.336 e. The van der Waals surface area contributed by atoms with Gasteiger partial charge in [-0.25, -0.2) is 14.0 Å². The summed E-state index contributed by atoms with van der Waals surface area (Å²) < 4.78 is 2.76. The van der Waals surface area contributed by atoms with E-state index in [-0.39, 0.29) is 30.2 Å². The van der Waals surface area contributed by atoms with Crippen molar-refractivity contribution in [2.75, 3.05) is 18.0 Å². The molecule has 0 bridgehead atoms. The minimum absolute atomic E-state index is 0.0392. The lowest BCUT2D eigenvalue weighted by molar-refractivity contribution is -0.135. The van der Waals surface area contributed by atoms with E-state index in [4.69, 9.17) is 11.6 Å². The number of carbonyl (C=O) groups excluding carboxylic acids is 1. The minimum atomic E-state index is -0.356. The summed E-state index contributed by atoms with van der Waals surface area (Å²) in [4.78, 5) is 34.2. The van der Waals surface area contributed by atoms with E-state index in [0.29, 0.717) is 29.7 Å². The highest BCUT2D eigenvalue weighted by Crippen LogP contribution is 2.31. The molecular weight excluding hydrogens is 380 g/mol. The summed E-state index contributed by atoms with van der Waals surface area (Å²) in [6.45, 7) is 9.02. The summed E-state index contributed by atoms with van der Waals surface area (Å²) in [5.41, 5.74) is 1.13. The van der Waals surface area contributed by atoms with Gasteiger partial charge in [0.05, 0.1) is 12.2 Å². The highest BCUT2D eigenvalue weighted by molar-refractivity contribution is 6.31. The van der Waals surface area contributed by atoms with Gasteiger partial charge >= 0.3 is 5.69 Å². The van der Waals surface area contributed by atoms with Crippen LogP contribution in [0.3, 0.4) is 0 Å². The number of hydrogen-bond donors (Lipinski definition) is 0. The Balaban J connectivity index is 1.80. The van der Waals surface area contributed by atoms with Gasteiger partial charge in [-0.05, 0) is 45.9 Å². The van der Waals surface area contributed by atoms with Crippen LogP contribution < -0.4 is 10.6 Å². The molecule has 0 N–H and O–H groups in total. The Morgan fingerprint density at radius 2 is 1.96 bits per heavy atom. The van der Waals surface area contributed by atoms with Gasteiger partial charge in [0.1, 0.15) is 12.4 Å². The van der Waals surface area contributed by atoms with Gasteiger partial charge in [0.2, 0.25) is 11.9 Å². The Morgan fingerprint density at radius 1 is 1.25 bits per heavy atom. The summed E-state index contributed by atoms with van der Waals surface area (Å²) in [6, 6.07) is 5.47. The third kappa shape index (κ3) is 2.83. The second-order valence-electron chi connectivity index (χ2n) is 7.58. The molecule has 0 aliphatic carbocycles. The lowest BCUT2D eigenvalue weighted by Gasteiger charge is -2.30. The van der Waals surface area contributed by atoms with Crippen LogP contribution in [0.15, 0.2) is 28.0 Å². The molecule has 0 saturated heterocycles. The lowest BCUT2D eigenvalue weighted by atomic mass is 10.1. The fraction of sp³-hybridized carbons (Fsp3) is 0.474. The van der Waals surface area contributed by atoms with Gasteiger partial charge in [0, 0.05) is 29.2 Å². The maximum absolute atomic E-state index is 13.2. The van der Waals surface area contributed by atoms with Crippen molar-refractivity contribution in [2.24, 2.45) is 4.99 Å². The number of benzene rings is 1. The number of nitrogens with zero attached hydrogens (tertiary/aromatic N) is 6. The largest absolute Gasteiger partial charge is 0.352 e. The van der Waals surface area contributed by atoms with Gasteiger partial charge in [-0.15, -0.1) is 5.10 Å². The molecule has 0 saturated carbocycles. The molecule has 1 aromatic carbocycles. The molecule has 2 aliphatic heterocycles. The van der Waals surface area contributed by atoms with Crippen LogP contribution in [-0.2, 0) is 11.3 Å². The average Bonchev–Trinajstić information content (AvgIpc) is 3.20. The molecule has 1 aromatic heterocycles. The number of carbonyl (C=O) groups is 1. The van der Waals surface area contributed by atoms with Crippen LogP contribution in [0.2, 0.25) is 5.02 Å². The summed E-state index contributed by atoms with van der Waals surface area (Å²) >= 11 is 6.18. The fourth-order valence-corrected chi connectivity index (χ4v) is 4.18. The van der Waals surface area contributed by atoms with Crippen LogP contribution in [-0.4, -0.2) is 56.2 Å². The van der Waals surface area contributed by atoms with Gasteiger partial charge < -0.3 is 4.90 Å². The molecule has 2 aromatic rings. The van der Waals surface area contributed by atoms with E-state index in [1.54, 1.807) is 17.0 Å². The van der Waals surface area contributed by atoms with Crippen molar-refractivity contribution in [2.45, 2.75) is 46.3 Å². The maximum Gasteiger partial charge on any atom is 0.352 e. The third-order valence-electron chi connectivity index (χ3n) is 5.03. The van der Waals surface area contributed by atoms with E-state index in [2.05, 4.69) is 10.1 Å². The summed E-state index contributed by atoms with van der Waals surface area (Å²) in [7, 11) is 0. The number of fused-ring (bicyclic) bond motifs is 6. The maximum atomic E-state index is 13.2. The predicted molar refractivity (Wildman–Crippen MR) is 109 cm³/mol. The van der Waals surface area contributed by atoms with Crippen LogP contribution in [0.1, 0.15) is 33.3 Å². The molecule has 148 valence electrons. The molecule has 0 unspecified atom stereocenters. The van der Waals surface area contributed by atoms with Crippen molar-refractivity contribution in [1.29, 1.82) is 0 Å². The van der Waals surface area contributed by atoms with Crippen molar-refractivity contribution < 1.29 is 4.79 Å². The number of aromatic nitrogens is 3. The van der Waals surface area contributed by atoms with Gasteiger partial charge in [0.15, 0.2) is 0 Å². The summed E-state index contributed by atoms with van der Waals surface area (Å²) in [5.74, 6) is 1.13. The summed E-state index contributed by atoms with van der Waals surface area (Å²) in [6.07, 6.45) is 0. The molecule has 3 heterocycles. The van der Waals surface area contributed by atoms with E-state index < -0.39 is 0 Å². The molecule has 1 amide bonds. The average molecular weight is 403 g/mol. The number of amides is 1. The van der Waals surface area contributed by atoms with E-state index in [0.717, 1.165) is 11.4 Å². The highest BCUT2D eigenvalue weighted by Gasteiger charge is 2.35. The van der Waals surface area contributed by atoms with Gasteiger partial charge in [-0.3, -0.25) is 14.7 Å². The quantitative estimate of drug-likeness (QED) is 0.782. The van der Waals surface area contributed by atoms with Crippen LogP contribution >= 0.6 is 11.6 Å². The monoisotopic (exact) mass is 402 g/mol. The molecule has 0 fully saturated rings. The molecule has 4 rings (SSSR count). The molecule has 9 heteroatoms. The zero-order valence-corrected chi connectivity index (χ0v) is 17.1. The molecular formula is C19H23ClN6O2. The van der Waals surface area contributed by atoms with Crippen molar-refractivity contribution in [3.63, 3.8) is 0 Å². The number of anilines is 1. The Bertz CT molecular complexity index is 1030. The number of amidine groups is 1. The predicted octanol–water partition coefficient (Wildman–Crippen LogP) is 1.91. The first-order valence-electron chi connectivity index (χ1n) is 9.43. The van der Waals surface area contributed by atoms with Crippen LogP contribution in [0, 0.1) is 0 Å². The lowest BCUT2D eigenvalue weighted by Crippen LogP contribution is -2.45. The Labute approximate surface area is 168 Å². The third-order valence-corrected chi connectivity index (χ3v) is 5.27. The zero-order chi connectivity index (χ0) is 20.2. The SMILES string of the molecule is CC(C)N(C(=O)Cn1nc2n(c1=O)-c1cc(Cl)ccc1C1=NCCN12)C(C)C. The number of rotatable bonds is 4. The Morgan fingerprint density at radius 3 is 2.64 bits per heavy atom. The molecule has 28 heavy (non-hydrogen) atoms. The molecule has 0 atom stereocenters. The Hall–Kier alpha value is -2.61. The number of halogens is 1. The topological polar surface area (TPSA) is 75.7 Å². The highest BCUT2D eigenvalue weighted by atomic mass is 35.5. The van der Waals surface area contributed by atoms with Crippen molar-refractivity contribution >= 4 is 29.3 Å². The van der Waals surface area contributed by atoms with E-state index in [1.807, 2.05) is 38.7 Å². The molecule has 2 aliphatic rings. The first-order valence-corrected chi connectivity index (χ1v) is 9.80. The van der Waals surface area contributed by atoms with Crippen LogP contribution in [0.4, 0.5) is 5.95 Å². The molecule has 0 spiro atoms. The van der Waals surface area contributed by atoms with Crippen LogP contribution in [0.25, 0.3) is 5.69 Å². The molecule has 8 nitrogen and oxygen atoms in total. The number of hydrogen-bond acceptors (Lipinski definition) is 5. The van der Waals surface area contributed by atoms with Crippen LogP contribution in [0.5, 0.6) is 0 Å². The first kappa shape index (κ1) is 18.7. The van der Waals surface area contributed by atoms with E-state index in [9.17, 15) is 9.59 Å². The van der Waals surface area contributed by atoms with Crippen molar-refractivity contribution in [1.82, 2.24) is 19.2 Å². The van der Waals surface area contributed by atoms with E-state index in [1.165, 1.54) is 9.25 Å². The van der Waals surface area contributed by atoms with Gasteiger partial charge in [-0.2, -0.15) is 0 Å². The second kappa shape index (κ2) is 6.77. The number of aliphatic imine (C=N–C) groups is 1. The minimum Gasteiger partial charge on any atom is -0.336 e. The van der Waals surface area contributed by atoms with Crippen molar-refractivity contribution in [3.8, 4) is 5.69 Å².